The molecule has 5 heteroatoms. The summed E-state index contributed by atoms with van der Waals surface area (Å²) in [5.74, 6) is 0.327. The Bertz CT molecular complexity index is 723. The minimum absolute atomic E-state index is 0.0345. The van der Waals surface area contributed by atoms with Crippen molar-refractivity contribution in [3.8, 4) is 0 Å². The number of aliphatic hydroxyl groups is 1. The summed E-state index contributed by atoms with van der Waals surface area (Å²) in [6, 6.07) is 5.39. The fraction of sp³-hybridized carbons (Fsp3) is 0.500. The van der Waals surface area contributed by atoms with Gasteiger partial charge in [0.2, 0.25) is 0 Å². The van der Waals surface area contributed by atoms with Crippen LogP contribution < -0.4 is 0 Å². The number of rotatable bonds is 3. The second kappa shape index (κ2) is 6.17. The molecule has 3 rings (SSSR count). The molecule has 0 atom stereocenters. The highest BCUT2D eigenvalue weighted by Gasteiger charge is 2.35. The van der Waals surface area contributed by atoms with Gasteiger partial charge in [-0.2, -0.15) is 0 Å². The number of halogens is 1. The van der Waals surface area contributed by atoms with E-state index in [1.807, 2.05) is 17.9 Å². The van der Waals surface area contributed by atoms with Crippen molar-refractivity contribution < 1.29 is 14.3 Å². The molecule has 1 aromatic heterocycles. The van der Waals surface area contributed by atoms with Crippen LogP contribution in [-0.4, -0.2) is 35.6 Å². The van der Waals surface area contributed by atoms with Crippen molar-refractivity contribution in [1.29, 1.82) is 0 Å². The van der Waals surface area contributed by atoms with Gasteiger partial charge in [-0.25, -0.2) is 0 Å². The zero-order chi connectivity index (χ0) is 16.6. The highest BCUT2D eigenvalue weighted by Crippen LogP contribution is 2.35. The maximum atomic E-state index is 12.8. The first-order valence-electron chi connectivity index (χ1n) is 8.08. The number of furan rings is 1. The molecule has 2 aromatic rings. The first kappa shape index (κ1) is 16.3. The molecule has 0 bridgehead atoms. The van der Waals surface area contributed by atoms with Crippen molar-refractivity contribution in [3.63, 3.8) is 0 Å². The topological polar surface area (TPSA) is 53.7 Å². The zero-order valence-corrected chi connectivity index (χ0v) is 14.3. The molecule has 1 N–H and O–H groups in total. The highest BCUT2D eigenvalue weighted by atomic mass is 35.5. The molecule has 1 amide bonds. The number of nitrogens with zero attached hydrogens (tertiary/aromatic N) is 1. The van der Waals surface area contributed by atoms with Gasteiger partial charge in [0, 0.05) is 35.7 Å². The molecule has 2 heterocycles. The van der Waals surface area contributed by atoms with Crippen LogP contribution in [0.3, 0.4) is 0 Å². The number of amides is 1. The lowest BCUT2D eigenvalue weighted by molar-refractivity contribution is 0.0321. The Balaban J connectivity index is 1.83. The lowest BCUT2D eigenvalue weighted by atomic mass is 9.77. The first-order valence-corrected chi connectivity index (χ1v) is 8.46. The number of hydrogen-bond acceptors (Lipinski definition) is 3. The van der Waals surface area contributed by atoms with E-state index in [0.29, 0.717) is 29.5 Å². The van der Waals surface area contributed by atoms with Crippen LogP contribution in [0.15, 0.2) is 22.6 Å². The van der Waals surface area contributed by atoms with Crippen LogP contribution >= 0.6 is 11.6 Å². The van der Waals surface area contributed by atoms with E-state index < -0.39 is 0 Å². The monoisotopic (exact) mass is 335 g/mol. The standard InChI is InChI=1S/C18H22ClNO3/c1-3-18(11-21)6-8-20(9-7-18)17(22)16-12(2)14-10-13(19)4-5-15(14)23-16/h4-5,10,21H,3,6-9,11H2,1-2H3. The number of piperidine rings is 1. The van der Waals surface area contributed by atoms with Gasteiger partial charge in [-0.15, -0.1) is 0 Å². The van der Waals surface area contributed by atoms with E-state index in [-0.39, 0.29) is 17.9 Å². The Kier molecular flexibility index (Phi) is 4.39. The predicted molar refractivity (Wildman–Crippen MR) is 90.9 cm³/mol. The van der Waals surface area contributed by atoms with Crippen molar-refractivity contribution >= 4 is 28.5 Å². The fourth-order valence-corrected chi connectivity index (χ4v) is 3.52. The van der Waals surface area contributed by atoms with Gasteiger partial charge in [-0.3, -0.25) is 4.79 Å². The number of carbonyl (C=O) groups is 1. The van der Waals surface area contributed by atoms with Crippen molar-refractivity contribution in [2.75, 3.05) is 19.7 Å². The molecule has 1 aliphatic heterocycles. The van der Waals surface area contributed by atoms with Gasteiger partial charge in [0.1, 0.15) is 5.58 Å². The second-order valence-electron chi connectivity index (χ2n) is 6.50. The molecule has 0 radical (unpaired) electrons. The smallest absolute Gasteiger partial charge is 0.289 e. The summed E-state index contributed by atoms with van der Waals surface area (Å²) in [5, 5.41) is 11.1. The molecular weight excluding hydrogens is 314 g/mol. The minimum atomic E-state index is -0.0718. The van der Waals surface area contributed by atoms with E-state index in [9.17, 15) is 9.90 Å². The average Bonchev–Trinajstić information content (AvgIpc) is 2.91. The average molecular weight is 336 g/mol. The highest BCUT2D eigenvalue weighted by molar-refractivity contribution is 6.31. The van der Waals surface area contributed by atoms with Gasteiger partial charge in [-0.05, 0) is 49.8 Å². The largest absolute Gasteiger partial charge is 0.451 e. The number of fused-ring (bicyclic) bond motifs is 1. The van der Waals surface area contributed by atoms with Crippen LogP contribution in [0.1, 0.15) is 42.3 Å². The predicted octanol–water partition coefficient (Wildman–Crippen LogP) is 4.02. The number of benzene rings is 1. The third-order valence-corrected chi connectivity index (χ3v) is 5.52. The lowest BCUT2D eigenvalue weighted by Gasteiger charge is -2.40. The van der Waals surface area contributed by atoms with Crippen LogP contribution in [0.2, 0.25) is 5.02 Å². The van der Waals surface area contributed by atoms with E-state index in [4.69, 9.17) is 16.0 Å². The molecule has 1 aliphatic rings. The Hall–Kier alpha value is -1.52. The van der Waals surface area contributed by atoms with Crippen LogP contribution in [0.25, 0.3) is 11.0 Å². The number of aryl methyl sites for hydroxylation is 1. The normalized spacial score (nSPS) is 17.7. The third-order valence-electron chi connectivity index (χ3n) is 5.29. The molecule has 4 nitrogen and oxygen atoms in total. The van der Waals surface area contributed by atoms with Crippen molar-refractivity contribution in [2.45, 2.75) is 33.1 Å². The molecule has 23 heavy (non-hydrogen) atoms. The van der Waals surface area contributed by atoms with Gasteiger partial charge in [0.05, 0.1) is 0 Å². The van der Waals surface area contributed by atoms with E-state index in [1.165, 1.54) is 0 Å². The summed E-state index contributed by atoms with van der Waals surface area (Å²) in [6.45, 7) is 5.49. The molecule has 1 saturated heterocycles. The molecule has 1 aromatic carbocycles. The lowest BCUT2D eigenvalue weighted by Crippen LogP contribution is -2.44. The molecule has 1 fully saturated rings. The number of likely N-dealkylation sites (tertiary alicyclic amines) is 1. The maximum Gasteiger partial charge on any atom is 0.289 e. The fourth-order valence-electron chi connectivity index (χ4n) is 3.35. The number of aliphatic hydroxyl groups excluding tert-OH is 1. The summed E-state index contributed by atoms with van der Waals surface area (Å²) in [5.41, 5.74) is 1.49. The van der Waals surface area contributed by atoms with Crippen LogP contribution in [-0.2, 0) is 0 Å². The molecule has 124 valence electrons. The van der Waals surface area contributed by atoms with Gasteiger partial charge in [0.25, 0.3) is 5.91 Å². The Morgan fingerprint density at radius 1 is 1.39 bits per heavy atom. The van der Waals surface area contributed by atoms with E-state index >= 15 is 0 Å². The molecule has 0 unspecified atom stereocenters. The summed E-state index contributed by atoms with van der Waals surface area (Å²) in [6.07, 6.45) is 2.60. The van der Waals surface area contributed by atoms with E-state index in [2.05, 4.69) is 6.92 Å². The van der Waals surface area contributed by atoms with E-state index in [1.54, 1.807) is 12.1 Å². The van der Waals surface area contributed by atoms with Crippen LogP contribution in [0.5, 0.6) is 0 Å². The number of hydrogen-bond donors (Lipinski definition) is 1. The maximum absolute atomic E-state index is 12.8. The summed E-state index contributed by atoms with van der Waals surface area (Å²) < 4.78 is 5.77. The van der Waals surface area contributed by atoms with Gasteiger partial charge < -0.3 is 14.4 Å². The quantitative estimate of drug-likeness (QED) is 0.921. The Morgan fingerprint density at radius 3 is 2.70 bits per heavy atom. The van der Waals surface area contributed by atoms with Crippen molar-refractivity contribution in [3.05, 3.63) is 34.5 Å². The van der Waals surface area contributed by atoms with Crippen LogP contribution in [0.4, 0.5) is 0 Å². The molecule has 0 spiro atoms. The summed E-state index contributed by atoms with van der Waals surface area (Å²) >= 11 is 6.03. The summed E-state index contributed by atoms with van der Waals surface area (Å²) in [4.78, 5) is 14.6. The van der Waals surface area contributed by atoms with Gasteiger partial charge in [0.15, 0.2) is 5.76 Å². The SMILES string of the molecule is CCC1(CO)CCN(C(=O)c2oc3ccc(Cl)cc3c2C)CC1. The Labute approximate surface area is 141 Å². The third kappa shape index (κ3) is 2.86. The van der Waals surface area contributed by atoms with Crippen LogP contribution in [0, 0.1) is 12.3 Å². The second-order valence-corrected chi connectivity index (χ2v) is 6.94. The zero-order valence-electron chi connectivity index (χ0n) is 13.6. The van der Waals surface area contributed by atoms with Crippen molar-refractivity contribution in [1.82, 2.24) is 4.90 Å². The first-order chi connectivity index (χ1) is 11.0. The molecule has 0 aliphatic carbocycles. The van der Waals surface area contributed by atoms with Crippen molar-refractivity contribution in [2.24, 2.45) is 5.41 Å². The Morgan fingerprint density at radius 2 is 2.09 bits per heavy atom. The van der Waals surface area contributed by atoms with Gasteiger partial charge >= 0.3 is 0 Å². The molecular formula is C18H22ClNO3. The number of carbonyl (C=O) groups excluding carboxylic acids is 1. The summed E-state index contributed by atoms with van der Waals surface area (Å²) in [7, 11) is 0. The van der Waals surface area contributed by atoms with Gasteiger partial charge in [-0.1, -0.05) is 18.5 Å². The van der Waals surface area contributed by atoms with E-state index in [0.717, 1.165) is 30.2 Å². The minimum Gasteiger partial charge on any atom is -0.451 e. The molecule has 0 saturated carbocycles.